The lowest BCUT2D eigenvalue weighted by molar-refractivity contribution is 0.0746. The Labute approximate surface area is 146 Å². The summed E-state index contributed by atoms with van der Waals surface area (Å²) in [5, 5.41) is 0. The molecule has 1 aliphatic heterocycles. The molecule has 25 heavy (non-hydrogen) atoms. The minimum atomic E-state index is -0.527. The van der Waals surface area contributed by atoms with Crippen LogP contribution in [0, 0.1) is 5.82 Å². The highest BCUT2D eigenvalue weighted by atomic mass is 19.1. The number of carbonyl (C=O) groups is 1. The van der Waals surface area contributed by atoms with Gasteiger partial charge in [-0.3, -0.25) is 4.79 Å². The standard InChI is InChI=1S/C19H21FN2O3/c1-24-17-8-7-14(13-15(17)20)19(23)22-11-9-21(10-12-22)16-5-3-4-6-18(16)25-2/h3-8,13H,9-12H2,1-2H3. The van der Waals surface area contributed by atoms with Gasteiger partial charge >= 0.3 is 0 Å². The molecular weight excluding hydrogens is 323 g/mol. The van der Waals surface area contributed by atoms with Crippen LogP contribution in [0.15, 0.2) is 42.5 Å². The van der Waals surface area contributed by atoms with E-state index in [1.165, 1.54) is 19.2 Å². The van der Waals surface area contributed by atoms with E-state index in [4.69, 9.17) is 9.47 Å². The lowest BCUT2D eigenvalue weighted by Gasteiger charge is -2.36. The van der Waals surface area contributed by atoms with Crippen LogP contribution in [0.1, 0.15) is 10.4 Å². The number of para-hydroxylation sites is 2. The molecule has 0 spiro atoms. The van der Waals surface area contributed by atoms with Gasteiger partial charge in [-0.25, -0.2) is 4.39 Å². The minimum Gasteiger partial charge on any atom is -0.495 e. The summed E-state index contributed by atoms with van der Waals surface area (Å²) in [5.74, 6) is 0.263. The molecule has 1 heterocycles. The number of amides is 1. The fourth-order valence-corrected chi connectivity index (χ4v) is 3.02. The first-order chi connectivity index (χ1) is 12.1. The maximum absolute atomic E-state index is 13.8. The predicted molar refractivity (Wildman–Crippen MR) is 94.1 cm³/mol. The summed E-state index contributed by atoms with van der Waals surface area (Å²) in [6.07, 6.45) is 0. The number of benzene rings is 2. The van der Waals surface area contributed by atoms with Gasteiger partial charge in [-0.05, 0) is 30.3 Å². The topological polar surface area (TPSA) is 42.0 Å². The highest BCUT2D eigenvalue weighted by Gasteiger charge is 2.24. The van der Waals surface area contributed by atoms with Crippen LogP contribution in [0.25, 0.3) is 0 Å². The highest BCUT2D eigenvalue weighted by molar-refractivity contribution is 5.94. The van der Waals surface area contributed by atoms with E-state index >= 15 is 0 Å². The summed E-state index contributed by atoms with van der Waals surface area (Å²) in [5.41, 5.74) is 1.36. The number of piperazine rings is 1. The van der Waals surface area contributed by atoms with Gasteiger partial charge in [0, 0.05) is 31.7 Å². The third-order valence-electron chi connectivity index (χ3n) is 4.39. The van der Waals surface area contributed by atoms with E-state index in [1.54, 1.807) is 18.1 Å². The first-order valence-corrected chi connectivity index (χ1v) is 8.15. The van der Waals surface area contributed by atoms with E-state index < -0.39 is 5.82 Å². The molecule has 0 radical (unpaired) electrons. The van der Waals surface area contributed by atoms with Crippen LogP contribution in [-0.2, 0) is 0 Å². The smallest absolute Gasteiger partial charge is 0.254 e. The molecule has 0 unspecified atom stereocenters. The lowest BCUT2D eigenvalue weighted by Crippen LogP contribution is -2.48. The van der Waals surface area contributed by atoms with Crippen LogP contribution in [0.2, 0.25) is 0 Å². The second-order valence-corrected chi connectivity index (χ2v) is 5.80. The van der Waals surface area contributed by atoms with Gasteiger partial charge in [0.1, 0.15) is 5.75 Å². The number of anilines is 1. The Morgan fingerprint density at radius 2 is 1.64 bits per heavy atom. The zero-order valence-corrected chi connectivity index (χ0v) is 14.4. The Bertz CT molecular complexity index is 758. The molecule has 1 aliphatic rings. The normalized spacial score (nSPS) is 14.4. The summed E-state index contributed by atoms with van der Waals surface area (Å²) in [6, 6.07) is 12.1. The summed E-state index contributed by atoms with van der Waals surface area (Å²) in [6.45, 7) is 2.55. The first-order valence-electron chi connectivity index (χ1n) is 8.15. The Morgan fingerprint density at radius 1 is 0.960 bits per heavy atom. The van der Waals surface area contributed by atoms with Crippen molar-refractivity contribution in [1.29, 1.82) is 0 Å². The molecule has 1 fully saturated rings. The molecule has 2 aromatic carbocycles. The van der Waals surface area contributed by atoms with Crippen molar-refractivity contribution in [3.8, 4) is 11.5 Å². The third kappa shape index (κ3) is 3.52. The summed E-state index contributed by atoms with van der Waals surface area (Å²) < 4.78 is 24.1. The van der Waals surface area contributed by atoms with Gasteiger partial charge in [0.05, 0.1) is 19.9 Å². The van der Waals surface area contributed by atoms with Crippen LogP contribution in [0.4, 0.5) is 10.1 Å². The summed E-state index contributed by atoms with van der Waals surface area (Å²) in [7, 11) is 3.05. The number of rotatable bonds is 4. The van der Waals surface area contributed by atoms with E-state index in [0.29, 0.717) is 31.7 Å². The average Bonchev–Trinajstić information content (AvgIpc) is 2.67. The third-order valence-corrected chi connectivity index (χ3v) is 4.39. The van der Waals surface area contributed by atoms with E-state index in [2.05, 4.69) is 4.90 Å². The molecule has 0 aromatic heterocycles. The van der Waals surface area contributed by atoms with E-state index in [9.17, 15) is 9.18 Å². The fraction of sp³-hybridized carbons (Fsp3) is 0.316. The molecule has 0 atom stereocenters. The van der Waals surface area contributed by atoms with Crippen LogP contribution < -0.4 is 14.4 Å². The Hall–Kier alpha value is -2.76. The number of halogens is 1. The summed E-state index contributed by atoms with van der Waals surface area (Å²) >= 11 is 0. The zero-order valence-electron chi connectivity index (χ0n) is 14.4. The minimum absolute atomic E-state index is 0.137. The first kappa shape index (κ1) is 17.1. The second-order valence-electron chi connectivity index (χ2n) is 5.80. The lowest BCUT2D eigenvalue weighted by atomic mass is 10.1. The predicted octanol–water partition coefficient (Wildman–Crippen LogP) is 2.81. The molecule has 0 N–H and O–H groups in total. The van der Waals surface area contributed by atoms with Gasteiger partial charge in [-0.15, -0.1) is 0 Å². The van der Waals surface area contributed by atoms with Crippen LogP contribution in [-0.4, -0.2) is 51.2 Å². The number of hydrogen-bond acceptors (Lipinski definition) is 4. The number of nitrogens with zero attached hydrogens (tertiary/aromatic N) is 2. The van der Waals surface area contributed by atoms with Gasteiger partial charge in [0.2, 0.25) is 0 Å². The van der Waals surface area contributed by atoms with E-state index in [-0.39, 0.29) is 11.7 Å². The molecule has 132 valence electrons. The highest BCUT2D eigenvalue weighted by Crippen LogP contribution is 2.28. The van der Waals surface area contributed by atoms with Crippen molar-refractivity contribution in [2.24, 2.45) is 0 Å². The molecule has 0 aliphatic carbocycles. The van der Waals surface area contributed by atoms with Gasteiger partial charge in [-0.2, -0.15) is 0 Å². The van der Waals surface area contributed by atoms with Crippen LogP contribution >= 0.6 is 0 Å². The Balaban J connectivity index is 1.67. The van der Waals surface area contributed by atoms with Crippen molar-refractivity contribution in [1.82, 2.24) is 4.90 Å². The van der Waals surface area contributed by atoms with Crippen molar-refractivity contribution >= 4 is 11.6 Å². The number of carbonyl (C=O) groups excluding carboxylic acids is 1. The Morgan fingerprint density at radius 3 is 2.28 bits per heavy atom. The average molecular weight is 344 g/mol. The van der Waals surface area contributed by atoms with Crippen molar-refractivity contribution < 1.29 is 18.7 Å². The molecule has 2 aromatic rings. The van der Waals surface area contributed by atoms with Gasteiger partial charge in [0.15, 0.2) is 11.6 Å². The van der Waals surface area contributed by atoms with Crippen molar-refractivity contribution in [3.63, 3.8) is 0 Å². The second kappa shape index (κ2) is 7.42. The van der Waals surface area contributed by atoms with Crippen LogP contribution in [0.5, 0.6) is 11.5 Å². The molecule has 1 saturated heterocycles. The Kier molecular flexibility index (Phi) is 5.07. The summed E-state index contributed by atoms with van der Waals surface area (Å²) in [4.78, 5) is 16.5. The number of methoxy groups -OCH3 is 2. The van der Waals surface area contributed by atoms with Crippen LogP contribution in [0.3, 0.4) is 0 Å². The molecule has 5 nitrogen and oxygen atoms in total. The molecule has 6 heteroatoms. The largest absolute Gasteiger partial charge is 0.495 e. The quantitative estimate of drug-likeness (QED) is 0.855. The molecule has 1 amide bonds. The SMILES string of the molecule is COc1ccc(C(=O)N2CCN(c3ccccc3OC)CC2)cc1F. The number of hydrogen-bond donors (Lipinski definition) is 0. The van der Waals surface area contributed by atoms with Gasteiger partial charge in [0.25, 0.3) is 5.91 Å². The van der Waals surface area contributed by atoms with E-state index in [1.807, 2.05) is 24.3 Å². The monoisotopic (exact) mass is 344 g/mol. The number of ether oxygens (including phenoxy) is 2. The van der Waals surface area contributed by atoms with E-state index in [0.717, 1.165) is 11.4 Å². The maximum Gasteiger partial charge on any atom is 0.254 e. The van der Waals surface area contributed by atoms with Crippen molar-refractivity contribution in [3.05, 3.63) is 53.8 Å². The molecular formula is C19H21FN2O3. The van der Waals surface area contributed by atoms with Gasteiger partial charge in [-0.1, -0.05) is 12.1 Å². The van der Waals surface area contributed by atoms with Crippen molar-refractivity contribution in [2.45, 2.75) is 0 Å². The molecule has 0 bridgehead atoms. The fourth-order valence-electron chi connectivity index (χ4n) is 3.02. The van der Waals surface area contributed by atoms with Gasteiger partial charge < -0.3 is 19.3 Å². The zero-order chi connectivity index (χ0) is 17.8. The maximum atomic E-state index is 13.8. The molecule has 3 rings (SSSR count). The molecule has 0 saturated carbocycles. The van der Waals surface area contributed by atoms with Crippen molar-refractivity contribution in [2.75, 3.05) is 45.3 Å².